The summed E-state index contributed by atoms with van der Waals surface area (Å²) in [6.45, 7) is 29.9. The van der Waals surface area contributed by atoms with Crippen molar-refractivity contribution in [2.45, 2.75) is 112 Å². The molecule has 26 nitrogen and oxygen atoms in total. The second-order valence-electron chi connectivity index (χ2n) is 28.3. The Bertz CT molecular complexity index is 4720. The van der Waals surface area contributed by atoms with Gasteiger partial charge in [-0.1, -0.05) is 37.3 Å². The van der Waals surface area contributed by atoms with Crippen LogP contribution in [0, 0.1) is 13.8 Å². The molecule has 0 aliphatic carbocycles. The number of rotatable bonds is 19. The topological polar surface area (TPSA) is 281 Å². The van der Waals surface area contributed by atoms with Gasteiger partial charge in [-0.3, -0.25) is 54.3 Å². The Morgan fingerprint density at radius 2 is 1.14 bits per heavy atom. The zero-order chi connectivity index (χ0) is 73.5. The lowest BCUT2D eigenvalue weighted by Gasteiger charge is -2.34. The van der Waals surface area contributed by atoms with Crippen LogP contribution >= 0.6 is 0 Å². The van der Waals surface area contributed by atoms with Crippen molar-refractivity contribution in [1.82, 2.24) is 105 Å². The minimum atomic E-state index is -0.585. The van der Waals surface area contributed by atoms with Crippen LogP contribution in [0.4, 0.5) is 4.79 Å². The third-order valence-corrected chi connectivity index (χ3v) is 19.8. The molecule has 4 aliphatic rings. The molecule has 1 atom stereocenters. The second-order valence-corrected chi connectivity index (χ2v) is 28.3. The summed E-state index contributed by atoms with van der Waals surface area (Å²) in [5.74, 6) is 0.970. The molecule has 13 heterocycles. The molecular weight excluding hydrogens is 1340 g/mol. The quantitative estimate of drug-likeness (QED) is 0.0503. The maximum atomic E-state index is 13.7. The summed E-state index contributed by atoms with van der Waals surface area (Å²) in [6.07, 6.45) is 18.6. The SMILES string of the molecule is CCN(Cc1cncc(-c2ccc3c(c2)c(-c2ncc(C(=O)N4CCN(Cc5ccccn5)CC4)[nH]2)nn3C2CCCCO2)c1C)C(=O)OC(C)(C)C.CCNCc1cncc(-c2ccc3[nH]nc(-c4ncc(C(=O)N5CCN(Cc6ccccn6)CC5)[nH]4)c3c2)c1C.c1ccc(CN2CCNCC2)nc1. The summed E-state index contributed by atoms with van der Waals surface area (Å²) >= 11 is 0. The van der Waals surface area contributed by atoms with Crippen molar-refractivity contribution in [3.8, 4) is 45.3 Å². The first-order valence-corrected chi connectivity index (χ1v) is 37.1. The van der Waals surface area contributed by atoms with E-state index in [1.54, 1.807) is 17.3 Å². The molecule has 4 saturated heterocycles. The number of piperazine rings is 3. The third-order valence-electron chi connectivity index (χ3n) is 19.8. The average molecular weight is 1430 g/mol. The number of nitrogens with zero attached hydrogens (tertiary/aromatic N) is 16. The number of hydrogen-bond acceptors (Lipinski definition) is 19. The maximum absolute atomic E-state index is 13.7. The van der Waals surface area contributed by atoms with Crippen molar-refractivity contribution in [3.63, 3.8) is 0 Å². The normalized spacial score (nSPS) is 16.1. The number of hydrogen-bond donors (Lipinski definition) is 5. The van der Waals surface area contributed by atoms with Gasteiger partial charge in [0.05, 0.1) is 47.1 Å². The van der Waals surface area contributed by atoms with Gasteiger partial charge in [0.15, 0.2) is 17.9 Å². The van der Waals surface area contributed by atoms with Crippen molar-refractivity contribution in [2.24, 2.45) is 0 Å². The molecular formula is C80H97N21O5. The average Bonchev–Trinajstić information content (AvgIpc) is 1.60. The molecule has 0 bridgehead atoms. The summed E-state index contributed by atoms with van der Waals surface area (Å²) in [7, 11) is 0. The summed E-state index contributed by atoms with van der Waals surface area (Å²) in [4.78, 5) is 90.5. The molecule has 26 heteroatoms. The lowest BCUT2D eigenvalue weighted by molar-refractivity contribution is -0.0365. The van der Waals surface area contributed by atoms with Crippen LogP contribution < -0.4 is 10.6 Å². The molecule has 552 valence electrons. The van der Waals surface area contributed by atoms with Gasteiger partial charge in [-0.2, -0.15) is 10.2 Å². The van der Waals surface area contributed by atoms with Crippen LogP contribution in [0.3, 0.4) is 0 Å². The fraction of sp³-hybridized carbons (Fsp3) is 0.400. The summed E-state index contributed by atoms with van der Waals surface area (Å²) in [6, 6.07) is 30.5. The number of benzene rings is 2. The first-order chi connectivity index (χ1) is 51.6. The van der Waals surface area contributed by atoms with Crippen molar-refractivity contribution in [1.29, 1.82) is 0 Å². The minimum absolute atomic E-state index is 0.0454. The fourth-order valence-corrected chi connectivity index (χ4v) is 13.8. The predicted molar refractivity (Wildman–Crippen MR) is 409 cm³/mol. The van der Waals surface area contributed by atoms with Gasteiger partial charge in [-0.15, -0.1) is 0 Å². The zero-order valence-electron chi connectivity index (χ0n) is 61.9. The molecule has 0 spiro atoms. The highest BCUT2D eigenvalue weighted by molar-refractivity contribution is 5.98. The van der Waals surface area contributed by atoms with Gasteiger partial charge in [0.25, 0.3) is 11.8 Å². The van der Waals surface area contributed by atoms with E-state index in [-0.39, 0.29) is 24.1 Å². The molecule has 4 fully saturated rings. The van der Waals surface area contributed by atoms with Crippen LogP contribution in [0.5, 0.6) is 0 Å². The summed E-state index contributed by atoms with van der Waals surface area (Å²) in [5.41, 5.74) is 15.1. The highest BCUT2D eigenvalue weighted by Crippen LogP contribution is 2.37. The van der Waals surface area contributed by atoms with Crippen molar-refractivity contribution in [3.05, 3.63) is 197 Å². The number of carbonyl (C=O) groups is 3. The van der Waals surface area contributed by atoms with Crippen molar-refractivity contribution < 1.29 is 23.9 Å². The molecule has 4 aliphatic heterocycles. The van der Waals surface area contributed by atoms with Gasteiger partial charge in [0.1, 0.15) is 28.4 Å². The molecule has 3 amide bonds. The Labute approximate surface area is 618 Å². The van der Waals surface area contributed by atoms with Gasteiger partial charge < -0.3 is 44.8 Å². The number of carbonyl (C=O) groups excluding carboxylic acids is 3. The Balaban J connectivity index is 0.000000164. The number of imidazole rings is 2. The van der Waals surface area contributed by atoms with Crippen LogP contribution in [-0.2, 0) is 42.2 Å². The Kier molecular flexibility index (Phi) is 24.1. The van der Waals surface area contributed by atoms with E-state index in [0.29, 0.717) is 80.3 Å². The largest absolute Gasteiger partial charge is 0.444 e. The molecule has 5 N–H and O–H groups in total. The van der Waals surface area contributed by atoms with Crippen LogP contribution in [0.15, 0.2) is 147 Å². The molecule has 1 unspecified atom stereocenters. The highest BCUT2D eigenvalue weighted by Gasteiger charge is 2.30. The number of nitrogens with one attached hydrogen (secondary N) is 5. The molecule has 0 saturated carbocycles. The number of amides is 3. The lowest BCUT2D eigenvalue weighted by atomic mass is 9.97. The monoisotopic (exact) mass is 1430 g/mol. The van der Waals surface area contributed by atoms with Crippen LogP contribution in [0.1, 0.15) is 120 Å². The number of H-pyrrole nitrogens is 3. The van der Waals surface area contributed by atoms with E-state index in [0.717, 1.165) is 171 Å². The predicted octanol–water partition coefficient (Wildman–Crippen LogP) is 10.9. The standard InChI is InChI=1S/C40H49N9O4.C30H33N9O.C10H15N3/c1-6-47(39(51)53-40(3,4)5)25-29-22-41-23-32(27(29)2)28-13-14-34-31(21-28)36(45-49(34)35-12-8-10-20-52-35)37-43-24-33(44-37)38(50)48-18-16-46(17-19-48)26-30-11-7-9-15-42-30;1-3-31-15-22-16-32-17-25(20(22)2)21-7-8-26-24(14-21)28(37-36-26)29-34-18-27(35-29)30(40)39-12-10-38(11-13-39)19-23-6-4-5-9-33-23;1-2-4-12-10(3-1)9-13-7-5-11-6-8-13/h7,9,11,13-15,21-24,35H,6,8,10,12,16-20,25-26H2,1-5H3,(H,43,44);4-9,14,16-18,31H,3,10-13,15,19H2,1-2H3,(H,34,35)(H,36,37);1-4,11H,5-9H2. The van der Waals surface area contributed by atoms with Gasteiger partial charge in [-0.25, -0.2) is 19.4 Å². The Hall–Kier alpha value is -10.5. The fourth-order valence-electron chi connectivity index (χ4n) is 13.8. The number of aromatic amines is 3. The summed E-state index contributed by atoms with van der Waals surface area (Å²) < 4.78 is 13.8. The van der Waals surface area contributed by atoms with Crippen LogP contribution in [0.25, 0.3) is 67.1 Å². The zero-order valence-corrected chi connectivity index (χ0v) is 61.9. The highest BCUT2D eigenvalue weighted by atomic mass is 16.6. The first kappa shape index (κ1) is 73.8. The first-order valence-electron chi connectivity index (χ1n) is 37.1. The number of aromatic nitrogens is 13. The van der Waals surface area contributed by atoms with E-state index >= 15 is 0 Å². The molecule has 106 heavy (non-hydrogen) atoms. The van der Waals surface area contributed by atoms with E-state index < -0.39 is 5.60 Å². The van der Waals surface area contributed by atoms with E-state index in [4.69, 9.17) is 19.6 Å². The molecule has 0 radical (unpaired) electrons. The van der Waals surface area contributed by atoms with Gasteiger partial charge in [0, 0.05) is 183 Å². The van der Waals surface area contributed by atoms with Crippen LogP contribution in [0.2, 0.25) is 0 Å². The Morgan fingerprint density at radius 3 is 1.67 bits per heavy atom. The molecule has 15 rings (SSSR count). The Morgan fingerprint density at radius 1 is 0.604 bits per heavy atom. The van der Waals surface area contributed by atoms with E-state index in [1.807, 2.05) is 140 Å². The number of ether oxygens (including phenoxy) is 2. The van der Waals surface area contributed by atoms with Crippen LogP contribution in [-0.4, -0.2) is 216 Å². The molecule has 2 aromatic carbocycles. The lowest BCUT2D eigenvalue weighted by Crippen LogP contribution is -2.48. The van der Waals surface area contributed by atoms with Gasteiger partial charge >= 0.3 is 6.09 Å². The van der Waals surface area contributed by atoms with E-state index in [1.165, 1.54) is 16.8 Å². The van der Waals surface area contributed by atoms with Crippen molar-refractivity contribution >= 4 is 39.7 Å². The second kappa shape index (κ2) is 34.6. The molecule has 11 aromatic rings. The smallest absolute Gasteiger partial charge is 0.410 e. The minimum Gasteiger partial charge on any atom is -0.444 e. The summed E-state index contributed by atoms with van der Waals surface area (Å²) in [5, 5.41) is 21.3. The number of pyridine rings is 5. The molecule has 9 aromatic heterocycles. The van der Waals surface area contributed by atoms with Crippen molar-refractivity contribution in [2.75, 3.05) is 98.2 Å². The third kappa shape index (κ3) is 18.2. The van der Waals surface area contributed by atoms with Gasteiger partial charge in [-0.05, 0) is 161 Å². The maximum Gasteiger partial charge on any atom is 0.410 e. The van der Waals surface area contributed by atoms with E-state index in [9.17, 15) is 14.4 Å². The van der Waals surface area contributed by atoms with E-state index in [2.05, 4.69) is 133 Å². The number of fused-ring (bicyclic) bond motifs is 2. The van der Waals surface area contributed by atoms with Gasteiger partial charge in [0.2, 0.25) is 0 Å².